The van der Waals surface area contributed by atoms with Crippen molar-refractivity contribution in [1.82, 2.24) is 10.2 Å². The molecule has 0 saturated carbocycles. The molecule has 2 aliphatic heterocycles. The van der Waals surface area contributed by atoms with E-state index >= 15 is 0 Å². The molecule has 2 amide bonds. The molecule has 0 aliphatic carbocycles. The van der Waals surface area contributed by atoms with Crippen LogP contribution < -0.4 is 14.8 Å². The van der Waals surface area contributed by atoms with Crippen LogP contribution in [0, 0.1) is 5.82 Å². The van der Waals surface area contributed by atoms with Crippen LogP contribution in [0.1, 0.15) is 36.0 Å². The molecule has 31 heavy (non-hydrogen) atoms. The highest BCUT2D eigenvalue weighted by molar-refractivity contribution is 6.31. The van der Waals surface area contributed by atoms with E-state index in [1.54, 1.807) is 24.3 Å². The number of ether oxygens (including phenoxy) is 2. The van der Waals surface area contributed by atoms with E-state index in [9.17, 15) is 14.0 Å². The molecule has 164 valence electrons. The summed E-state index contributed by atoms with van der Waals surface area (Å²) in [5.74, 6) is 0.222. The predicted octanol–water partition coefficient (Wildman–Crippen LogP) is 3.82. The summed E-state index contributed by atoms with van der Waals surface area (Å²) in [5.41, 5.74) is 0.289. The number of piperidine rings is 1. The van der Waals surface area contributed by atoms with Gasteiger partial charge in [-0.25, -0.2) is 4.39 Å². The molecule has 0 spiro atoms. The molecule has 2 aromatic rings. The first-order valence-electron chi connectivity index (χ1n) is 10.3. The van der Waals surface area contributed by atoms with Gasteiger partial charge in [-0.3, -0.25) is 9.59 Å². The third-order valence-corrected chi connectivity index (χ3v) is 6.09. The van der Waals surface area contributed by atoms with Gasteiger partial charge in [0.1, 0.15) is 23.4 Å². The van der Waals surface area contributed by atoms with E-state index in [1.807, 2.05) is 4.90 Å². The number of carbonyl (C=O) groups is 2. The van der Waals surface area contributed by atoms with Gasteiger partial charge in [0.25, 0.3) is 11.8 Å². The summed E-state index contributed by atoms with van der Waals surface area (Å²) in [6, 6.07) is 10.9. The second-order valence-electron chi connectivity index (χ2n) is 7.86. The van der Waals surface area contributed by atoms with Crippen molar-refractivity contribution >= 4 is 23.4 Å². The lowest BCUT2D eigenvalue weighted by molar-refractivity contribution is -0.139. The highest BCUT2D eigenvalue weighted by Gasteiger charge is 2.44. The molecule has 4 rings (SSSR count). The van der Waals surface area contributed by atoms with Gasteiger partial charge >= 0.3 is 0 Å². The van der Waals surface area contributed by atoms with Crippen LogP contribution >= 0.6 is 11.6 Å². The Labute approximate surface area is 185 Å². The van der Waals surface area contributed by atoms with Gasteiger partial charge in [-0.15, -0.1) is 0 Å². The van der Waals surface area contributed by atoms with E-state index in [0.717, 1.165) is 25.7 Å². The lowest BCUT2D eigenvalue weighted by Gasteiger charge is -2.38. The highest BCUT2D eigenvalue weighted by Crippen LogP contribution is 2.37. The third kappa shape index (κ3) is 4.77. The molecule has 2 heterocycles. The van der Waals surface area contributed by atoms with Gasteiger partial charge < -0.3 is 19.7 Å². The second-order valence-corrected chi connectivity index (χ2v) is 8.30. The predicted molar refractivity (Wildman–Crippen MR) is 114 cm³/mol. The smallest absolute Gasteiger partial charge is 0.261 e. The number of benzene rings is 2. The summed E-state index contributed by atoms with van der Waals surface area (Å²) in [5, 5.41) is 2.96. The Balaban J connectivity index is 1.37. The first kappa shape index (κ1) is 21.4. The van der Waals surface area contributed by atoms with Crippen molar-refractivity contribution in [3.05, 3.63) is 58.9 Å². The van der Waals surface area contributed by atoms with Crippen LogP contribution in [-0.2, 0) is 4.79 Å². The van der Waals surface area contributed by atoms with Gasteiger partial charge in [0.2, 0.25) is 0 Å². The summed E-state index contributed by atoms with van der Waals surface area (Å²) >= 11 is 5.99. The number of hydrogen-bond acceptors (Lipinski definition) is 4. The molecule has 1 unspecified atom stereocenters. The van der Waals surface area contributed by atoms with Crippen molar-refractivity contribution in [1.29, 1.82) is 0 Å². The van der Waals surface area contributed by atoms with Crippen LogP contribution in [0.5, 0.6) is 11.5 Å². The molecule has 2 fully saturated rings. The number of rotatable bonds is 6. The Morgan fingerprint density at radius 3 is 2.45 bits per heavy atom. The summed E-state index contributed by atoms with van der Waals surface area (Å²) in [4.78, 5) is 26.9. The summed E-state index contributed by atoms with van der Waals surface area (Å²) in [6.07, 6.45) is 3.28. The third-order valence-electron chi connectivity index (χ3n) is 5.86. The van der Waals surface area contributed by atoms with Gasteiger partial charge in [-0.1, -0.05) is 11.6 Å². The molecule has 1 N–H and O–H groups in total. The normalized spacial score (nSPS) is 22.2. The zero-order valence-corrected chi connectivity index (χ0v) is 17.9. The molecular formula is C23H24ClFN2O4. The maximum atomic E-state index is 13.1. The molecule has 2 saturated heterocycles. The Morgan fingerprint density at radius 2 is 1.81 bits per heavy atom. The number of fused-ring (bicyclic) bond motifs is 2. The topological polar surface area (TPSA) is 67.9 Å². The number of nitrogens with one attached hydrogen (secondary N) is 1. The van der Waals surface area contributed by atoms with Crippen molar-refractivity contribution in [3.8, 4) is 11.5 Å². The van der Waals surface area contributed by atoms with Crippen LogP contribution in [0.3, 0.4) is 0 Å². The summed E-state index contributed by atoms with van der Waals surface area (Å²) in [7, 11) is 1.52. The van der Waals surface area contributed by atoms with E-state index in [1.165, 1.54) is 25.2 Å². The van der Waals surface area contributed by atoms with Crippen molar-refractivity contribution in [2.24, 2.45) is 0 Å². The lowest BCUT2D eigenvalue weighted by atomic mass is 9.99. The number of carbonyl (C=O) groups excluding carboxylic acids is 2. The van der Waals surface area contributed by atoms with Crippen LogP contribution in [0.15, 0.2) is 42.5 Å². The minimum Gasteiger partial charge on any atom is -0.490 e. The molecule has 6 nitrogen and oxygen atoms in total. The quantitative estimate of drug-likeness (QED) is 0.732. The zero-order valence-electron chi connectivity index (χ0n) is 17.1. The van der Waals surface area contributed by atoms with E-state index in [0.29, 0.717) is 16.5 Å². The minimum absolute atomic E-state index is 0.0101. The Bertz CT molecular complexity index is 955. The fraction of sp³-hybridized carbons (Fsp3) is 0.391. The van der Waals surface area contributed by atoms with Crippen LogP contribution in [0.4, 0.5) is 4.39 Å². The second kappa shape index (κ2) is 9.14. The molecular weight excluding hydrogens is 423 g/mol. The molecule has 3 atom stereocenters. The SMILES string of the molecule is CNC(=O)c1cc(Cl)ccc1OCC(=O)N1[C@@H]2CC[C@H]1CC(Oc1ccc(F)cc1)C2. The number of nitrogens with zero attached hydrogens (tertiary/aromatic N) is 1. The average molecular weight is 447 g/mol. The standard InChI is InChI=1S/C23H24ClFN2O4/c1-26-23(29)20-10-14(24)2-9-21(20)30-13-22(28)27-16-5-6-17(27)12-19(11-16)31-18-7-3-15(25)4-8-18/h2-4,7-10,16-17,19H,5-6,11-13H2,1H3,(H,26,29)/t16-,17+,19?. The van der Waals surface area contributed by atoms with E-state index in [4.69, 9.17) is 21.1 Å². The van der Waals surface area contributed by atoms with Crippen LogP contribution in [0.2, 0.25) is 5.02 Å². The Kier molecular flexibility index (Phi) is 6.32. The molecule has 2 bridgehead atoms. The first-order chi connectivity index (χ1) is 14.9. The lowest BCUT2D eigenvalue weighted by Crippen LogP contribution is -2.50. The van der Waals surface area contributed by atoms with Gasteiger partial charge in [0.15, 0.2) is 6.61 Å². The average Bonchev–Trinajstić information content (AvgIpc) is 3.04. The molecule has 2 aromatic carbocycles. The van der Waals surface area contributed by atoms with E-state index < -0.39 is 0 Å². The van der Waals surface area contributed by atoms with Gasteiger partial charge in [-0.05, 0) is 55.3 Å². The first-order valence-corrected chi connectivity index (χ1v) is 10.7. The molecule has 0 aromatic heterocycles. The molecule has 2 aliphatic rings. The summed E-state index contributed by atoms with van der Waals surface area (Å²) in [6.45, 7) is -0.151. The van der Waals surface area contributed by atoms with Crippen molar-refractivity contribution < 1.29 is 23.5 Å². The monoisotopic (exact) mass is 446 g/mol. The summed E-state index contributed by atoms with van der Waals surface area (Å²) < 4.78 is 24.8. The number of amides is 2. The van der Waals surface area contributed by atoms with Crippen molar-refractivity contribution in [3.63, 3.8) is 0 Å². The maximum absolute atomic E-state index is 13.1. The maximum Gasteiger partial charge on any atom is 0.261 e. The van der Waals surface area contributed by atoms with Gasteiger partial charge in [0, 0.05) is 37.0 Å². The fourth-order valence-corrected chi connectivity index (χ4v) is 4.66. The zero-order chi connectivity index (χ0) is 22.0. The molecule has 0 radical (unpaired) electrons. The Hall–Kier alpha value is -2.80. The number of halogens is 2. The largest absolute Gasteiger partial charge is 0.490 e. The van der Waals surface area contributed by atoms with Gasteiger partial charge in [0.05, 0.1) is 5.56 Å². The van der Waals surface area contributed by atoms with E-state index in [-0.39, 0.29) is 48.0 Å². The van der Waals surface area contributed by atoms with Gasteiger partial charge in [-0.2, -0.15) is 0 Å². The van der Waals surface area contributed by atoms with Crippen molar-refractivity contribution in [2.75, 3.05) is 13.7 Å². The van der Waals surface area contributed by atoms with Crippen LogP contribution in [0.25, 0.3) is 0 Å². The minimum atomic E-state index is -0.330. The fourth-order valence-electron chi connectivity index (χ4n) is 4.49. The highest BCUT2D eigenvalue weighted by atomic mass is 35.5. The number of hydrogen-bond donors (Lipinski definition) is 1. The van der Waals surface area contributed by atoms with Crippen LogP contribution in [-0.4, -0.2) is 48.6 Å². The van der Waals surface area contributed by atoms with E-state index in [2.05, 4.69) is 5.32 Å². The Morgan fingerprint density at radius 1 is 1.13 bits per heavy atom. The molecule has 8 heteroatoms. The van der Waals surface area contributed by atoms with Crippen molar-refractivity contribution in [2.45, 2.75) is 43.9 Å².